The third-order valence-electron chi connectivity index (χ3n) is 1.50. The maximum Gasteiger partial charge on any atom is 0.277 e. The Bertz CT molecular complexity index is 292. The first kappa shape index (κ1) is 7.94. The molecule has 0 saturated heterocycles. The van der Waals surface area contributed by atoms with E-state index in [0.717, 1.165) is 6.54 Å². The van der Waals surface area contributed by atoms with Gasteiger partial charge < -0.3 is 10.3 Å². The van der Waals surface area contributed by atoms with E-state index in [2.05, 4.69) is 4.98 Å². The molecule has 0 fully saturated rings. The highest BCUT2D eigenvalue weighted by Gasteiger charge is 1.96. The molecule has 4 nitrogen and oxygen atoms in total. The molecule has 1 aromatic rings. The average Bonchev–Trinajstić information content (AvgIpc) is 2.05. The maximum absolute atomic E-state index is 10.9. The van der Waals surface area contributed by atoms with Crippen LogP contribution in [0.1, 0.15) is 12.5 Å². The Morgan fingerprint density at radius 3 is 3.00 bits per heavy atom. The first-order chi connectivity index (χ1) is 5.27. The summed E-state index contributed by atoms with van der Waals surface area (Å²) in [4.78, 5) is 14.6. The minimum atomic E-state index is -0.225. The van der Waals surface area contributed by atoms with E-state index in [9.17, 15) is 4.79 Å². The number of aryl methyl sites for hydroxylation is 1. The Morgan fingerprint density at radius 2 is 2.45 bits per heavy atom. The van der Waals surface area contributed by atoms with Crippen LogP contribution in [0.4, 0.5) is 0 Å². The molecule has 0 radical (unpaired) electrons. The minimum absolute atomic E-state index is 0.225. The first-order valence-electron chi connectivity index (χ1n) is 3.53. The predicted octanol–water partition coefficient (Wildman–Crippen LogP) is -0.278. The van der Waals surface area contributed by atoms with Gasteiger partial charge in [-0.15, -0.1) is 0 Å². The third-order valence-corrected chi connectivity index (χ3v) is 1.50. The number of rotatable bonds is 2. The van der Waals surface area contributed by atoms with E-state index in [1.807, 2.05) is 11.5 Å². The zero-order valence-electron chi connectivity index (χ0n) is 6.45. The van der Waals surface area contributed by atoms with Crippen molar-refractivity contribution in [2.75, 3.05) is 0 Å². The topological polar surface area (TPSA) is 60.9 Å². The fourth-order valence-electron chi connectivity index (χ4n) is 0.811. The zero-order chi connectivity index (χ0) is 8.27. The fourth-order valence-corrected chi connectivity index (χ4v) is 0.811. The second-order valence-corrected chi connectivity index (χ2v) is 2.24. The summed E-state index contributed by atoms with van der Waals surface area (Å²) in [5, 5.41) is 0. The molecular formula is C7H11N3O. The van der Waals surface area contributed by atoms with Gasteiger partial charge in [-0.1, -0.05) is 0 Å². The number of aromatic nitrogens is 2. The van der Waals surface area contributed by atoms with Gasteiger partial charge in [-0.05, 0) is 6.92 Å². The number of nitrogens with zero attached hydrogens (tertiary/aromatic N) is 2. The molecule has 4 heteroatoms. The minimum Gasteiger partial charge on any atom is -0.339 e. The summed E-state index contributed by atoms with van der Waals surface area (Å²) in [6.07, 6.45) is 3.25. The standard InChI is InChI=1S/C7H11N3O/c1-2-10-4-6(3-8)7(11)9-5-10/h4-5H,2-3,8H2,1H3. The lowest BCUT2D eigenvalue weighted by molar-refractivity contribution is 0.716. The maximum atomic E-state index is 10.9. The summed E-state index contributed by atoms with van der Waals surface area (Å²) in [6, 6.07) is 0. The molecule has 0 aliphatic carbocycles. The zero-order valence-corrected chi connectivity index (χ0v) is 6.45. The van der Waals surface area contributed by atoms with Crippen LogP contribution in [-0.2, 0) is 13.1 Å². The summed E-state index contributed by atoms with van der Waals surface area (Å²) in [6.45, 7) is 3.04. The van der Waals surface area contributed by atoms with Gasteiger partial charge in [0.15, 0.2) is 0 Å². The Balaban J connectivity index is 3.13. The lowest BCUT2D eigenvalue weighted by atomic mass is 10.3. The van der Waals surface area contributed by atoms with Gasteiger partial charge in [0, 0.05) is 24.8 Å². The average molecular weight is 153 g/mol. The molecule has 0 spiro atoms. The molecule has 0 bridgehead atoms. The predicted molar refractivity (Wildman–Crippen MR) is 42.1 cm³/mol. The molecule has 0 saturated carbocycles. The lowest BCUT2D eigenvalue weighted by Gasteiger charge is -2.01. The van der Waals surface area contributed by atoms with Crippen molar-refractivity contribution in [2.24, 2.45) is 5.73 Å². The molecule has 0 aromatic carbocycles. The van der Waals surface area contributed by atoms with Crippen LogP contribution in [-0.4, -0.2) is 9.55 Å². The Hall–Kier alpha value is -1.16. The fraction of sp³-hybridized carbons (Fsp3) is 0.429. The molecule has 1 heterocycles. The van der Waals surface area contributed by atoms with Gasteiger partial charge >= 0.3 is 0 Å². The van der Waals surface area contributed by atoms with Crippen molar-refractivity contribution in [3.8, 4) is 0 Å². The van der Waals surface area contributed by atoms with Gasteiger partial charge in [0.1, 0.15) is 0 Å². The Morgan fingerprint density at radius 1 is 1.73 bits per heavy atom. The smallest absolute Gasteiger partial charge is 0.277 e. The molecule has 0 aliphatic heterocycles. The molecule has 0 atom stereocenters. The highest BCUT2D eigenvalue weighted by Crippen LogP contribution is 1.87. The Labute approximate surface area is 64.7 Å². The van der Waals surface area contributed by atoms with Crippen LogP contribution in [0.2, 0.25) is 0 Å². The largest absolute Gasteiger partial charge is 0.339 e. The summed E-state index contributed by atoms with van der Waals surface area (Å²) in [7, 11) is 0. The van der Waals surface area contributed by atoms with Crippen LogP contribution in [0.25, 0.3) is 0 Å². The van der Waals surface area contributed by atoms with E-state index in [-0.39, 0.29) is 12.1 Å². The van der Waals surface area contributed by atoms with Gasteiger partial charge in [-0.2, -0.15) is 4.98 Å². The third kappa shape index (κ3) is 1.65. The molecule has 2 N–H and O–H groups in total. The molecule has 11 heavy (non-hydrogen) atoms. The van der Waals surface area contributed by atoms with Crippen molar-refractivity contribution in [1.29, 1.82) is 0 Å². The van der Waals surface area contributed by atoms with E-state index in [4.69, 9.17) is 5.73 Å². The van der Waals surface area contributed by atoms with Crippen LogP contribution in [0.5, 0.6) is 0 Å². The molecule has 1 aromatic heterocycles. The van der Waals surface area contributed by atoms with Gasteiger partial charge in [0.25, 0.3) is 5.56 Å². The van der Waals surface area contributed by atoms with E-state index in [1.54, 1.807) is 6.20 Å². The van der Waals surface area contributed by atoms with E-state index < -0.39 is 0 Å². The van der Waals surface area contributed by atoms with Gasteiger partial charge in [-0.25, -0.2) is 0 Å². The van der Waals surface area contributed by atoms with Gasteiger partial charge in [0.2, 0.25) is 0 Å². The highest BCUT2D eigenvalue weighted by molar-refractivity contribution is 5.03. The SMILES string of the molecule is CCn1cnc(=O)c(CN)c1. The molecular weight excluding hydrogens is 142 g/mol. The van der Waals surface area contributed by atoms with Crippen LogP contribution in [0.3, 0.4) is 0 Å². The first-order valence-corrected chi connectivity index (χ1v) is 3.53. The van der Waals surface area contributed by atoms with Gasteiger partial charge in [-0.3, -0.25) is 4.79 Å². The molecule has 0 unspecified atom stereocenters. The normalized spacial score (nSPS) is 10.0. The second kappa shape index (κ2) is 3.30. The van der Waals surface area contributed by atoms with Crippen molar-refractivity contribution in [2.45, 2.75) is 20.0 Å². The van der Waals surface area contributed by atoms with Crippen LogP contribution >= 0.6 is 0 Å². The summed E-state index contributed by atoms with van der Waals surface area (Å²) < 4.78 is 1.82. The quantitative estimate of drug-likeness (QED) is 0.635. The number of hydrogen-bond acceptors (Lipinski definition) is 3. The molecule has 60 valence electrons. The van der Waals surface area contributed by atoms with Crippen molar-refractivity contribution in [3.63, 3.8) is 0 Å². The van der Waals surface area contributed by atoms with Crippen LogP contribution < -0.4 is 11.3 Å². The van der Waals surface area contributed by atoms with E-state index >= 15 is 0 Å². The molecule has 1 rings (SSSR count). The van der Waals surface area contributed by atoms with Crippen molar-refractivity contribution < 1.29 is 0 Å². The van der Waals surface area contributed by atoms with Crippen LogP contribution in [0, 0.1) is 0 Å². The van der Waals surface area contributed by atoms with E-state index in [0.29, 0.717) is 5.56 Å². The molecule has 0 amide bonds. The lowest BCUT2D eigenvalue weighted by Crippen LogP contribution is -2.18. The van der Waals surface area contributed by atoms with E-state index in [1.165, 1.54) is 6.33 Å². The summed E-state index contributed by atoms with van der Waals surface area (Å²) >= 11 is 0. The number of nitrogens with two attached hydrogens (primary N) is 1. The summed E-state index contributed by atoms with van der Waals surface area (Å²) in [5.74, 6) is 0. The summed E-state index contributed by atoms with van der Waals surface area (Å²) in [5.41, 5.74) is 5.66. The van der Waals surface area contributed by atoms with Crippen molar-refractivity contribution in [3.05, 3.63) is 28.4 Å². The number of hydrogen-bond donors (Lipinski definition) is 1. The van der Waals surface area contributed by atoms with Crippen LogP contribution in [0.15, 0.2) is 17.3 Å². The highest BCUT2D eigenvalue weighted by atomic mass is 16.1. The van der Waals surface area contributed by atoms with Gasteiger partial charge in [0.05, 0.1) is 6.33 Å². The Kier molecular flexibility index (Phi) is 2.38. The second-order valence-electron chi connectivity index (χ2n) is 2.24. The molecule has 0 aliphatic rings. The monoisotopic (exact) mass is 153 g/mol. The van der Waals surface area contributed by atoms with Crippen molar-refractivity contribution in [1.82, 2.24) is 9.55 Å². The van der Waals surface area contributed by atoms with Crippen molar-refractivity contribution >= 4 is 0 Å².